The van der Waals surface area contributed by atoms with Crippen LogP contribution in [0.1, 0.15) is 29.1 Å². The van der Waals surface area contributed by atoms with Crippen molar-refractivity contribution in [2.75, 3.05) is 13.2 Å². The quantitative estimate of drug-likeness (QED) is 0.740. The van der Waals surface area contributed by atoms with Crippen LogP contribution in [0.25, 0.3) is 0 Å². The minimum Gasteiger partial charge on any atom is -0.467 e. The fourth-order valence-electron chi connectivity index (χ4n) is 1.97. The maximum atomic E-state index is 13.0. The number of amides is 2. The minimum atomic E-state index is -0.787. The summed E-state index contributed by atoms with van der Waals surface area (Å²) in [4.78, 5) is 35.0. The Bertz CT molecular complexity index is 745. The first-order valence-corrected chi connectivity index (χ1v) is 7.48. The number of nitrogens with one attached hydrogen (secondary N) is 2. The number of furan rings is 1. The molecular formula is C17H17FN2O5. The number of esters is 1. The Labute approximate surface area is 143 Å². The minimum absolute atomic E-state index is 0.0813. The van der Waals surface area contributed by atoms with Crippen LogP contribution in [0.2, 0.25) is 0 Å². The number of carbonyl (C=O) groups excluding carboxylic acids is 3. The summed E-state index contributed by atoms with van der Waals surface area (Å²) in [6.07, 6.45) is 1.49. The number of carbonyl (C=O) groups is 3. The summed E-state index contributed by atoms with van der Waals surface area (Å²) >= 11 is 0. The van der Waals surface area contributed by atoms with Crippen molar-refractivity contribution >= 4 is 17.8 Å². The molecule has 0 spiro atoms. The molecule has 0 bridgehead atoms. The van der Waals surface area contributed by atoms with E-state index in [-0.39, 0.29) is 11.6 Å². The highest BCUT2D eigenvalue weighted by atomic mass is 19.1. The summed E-state index contributed by atoms with van der Waals surface area (Å²) in [5.41, 5.74) is 0.0813. The van der Waals surface area contributed by atoms with Gasteiger partial charge in [-0.1, -0.05) is 6.07 Å². The van der Waals surface area contributed by atoms with Crippen molar-refractivity contribution in [2.24, 2.45) is 0 Å². The third kappa shape index (κ3) is 5.76. The predicted molar refractivity (Wildman–Crippen MR) is 85.0 cm³/mol. The van der Waals surface area contributed by atoms with E-state index in [9.17, 15) is 18.8 Å². The van der Waals surface area contributed by atoms with Crippen LogP contribution in [-0.4, -0.2) is 30.9 Å². The second kappa shape index (κ2) is 8.62. The summed E-state index contributed by atoms with van der Waals surface area (Å²) < 4.78 is 22.9. The van der Waals surface area contributed by atoms with E-state index in [1.54, 1.807) is 19.1 Å². The van der Waals surface area contributed by atoms with Gasteiger partial charge in [0.2, 0.25) is 0 Å². The van der Waals surface area contributed by atoms with Crippen LogP contribution in [0.4, 0.5) is 4.39 Å². The van der Waals surface area contributed by atoms with Crippen LogP contribution in [0.5, 0.6) is 0 Å². The average Bonchev–Trinajstić information content (AvgIpc) is 3.12. The van der Waals surface area contributed by atoms with Crippen molar-refractivity contribution in [1.82, 2.24) is 10.6 Å². The Kier molecular flexibility index (Phi) is 6.27. The Morgan fingerprint density at radius 3 is 2.72 bits per heavy atom. The number of hydrogen-bond acceptors (Lipinski definition) is 5. The van der Waals surface area contributed by atoms with Gasteiger partial charge in [0.15, 0.2) is 6.61 Å². The molecule has 1 atom stereocenters. The van der Waals surface area contributed by atoms with E-state index in [0.29, 0.717) is 5.76 Å². The molecular weight excluding hydrogens is 331 g/mol. The predicted octanol–water partition coefficient (Wildman–Crippen LogP) is 1.57. The molecule has 0 fully saturated rings. The van der Waals surface area contributed by atoms with Crippen molar-refractivity contribution in [3.8, 4) is 0 Å². The van der Waals surface area contributed by atoms with Crippen LogP contribution < -0.4 is 10.6 Å². The monoisotopic (exact) mass is 348 g/mol. The maximum Gasteiger partial charge on any atom is 0.325 e. The van der Waals surface area contributed by atoms with Gasteiger partial charge in [0.05, 0.1) is 12.3 Å². The maximum absolute atomic E-state index is 13.0. The van der Waals surface area contributed by atoms with Gasteiger partial charge in [-0.25, -0.2) is 4.39 Å². The van der Waals surface area contributed by atoms with Crippen LogP contribution >= 0.6 is 0 Å². The van der Waals surface area contributed by atoms with Crippen LogP contribution in [0.15, 0.2) is 47.1 Å². The molecule has 0 unspecified atom stereocenters. The fourth-order valence-corrected chi connectivity index (χ4v) is 1.97. The molecule has 25 heavy (non-hydrogen) atoms. The largest absolute Gasteiger partial charge is 0.467 e. The van der Waals surface area contributed by atoms with Gasteiger partial charge in [0.1, 0.15) is 18.1 Å². The van der Waals surface area contributed by atoms with Gasteiger partial charge in [-0.3, -0.25) is 14.4 Å². The lowest BCUT2D eigenvalue weighted by molar-refractivity contribution is -0.147. The second-order valence-electron chi connectivity index (χ2n) is 5.16. The van der Waals surface area contributed by atoms with Crippen molar-refractivity contribution in [3.05, 3.63) is 59.8 Å². The van der Waals surface area contributed by atoms with Gasteiger partial charge in [-0.2, -0.15) is 0 Å². The molecule has 2 N–H and O–H groups in total. The SMILES string of the molecule is C[C@H](NC(=O)COC(=O)CNC(=O)c1cccc(F)c1)c1ccco1. The number of benzene rings is 1. The van der Waals surface area contributed by atoms with E-state index in [1.165, 1.54) is 24.5 Å². The van der Waals surface area contributed by atoms with Crippen molar-refractivity contribution in [1.29, 1.82) is 0 Å². The first-order chi connectivity index (χ1) is 12.0. The van der Waals surface area contributed by atoms with Crippen molar-refractivity contribution in [3.63, 3.8) is 0 Å². The average molecular weight is 348 g/mol. The highest BCUT2D eigenvalue weighted by Crippen LogP contribution is 2.11. The number of rotatable bonds is 7. The van der Waals surface area contributed by atoms with Gasteiger partial charge < -0.3 is 19.8 Å². The molecule has 1 aromatic carbocycles. The number of hydrogen-bond donors (Lipinski definition) is 2. The smallest absolute Gasteiger partial charge is 0.325 e. The number of halogens is 1. The van der Waals surface area contributed by atoms with E-state index in [2.05, 4.69) is 10.6 Å². The molecule has 0 saturated heterocycles. The third-order valence-electron chi connectivity index (χ3n) is 3.19. The Morgan fingerprint density at radius 1 is 1.24 bits per heavy atom. The molecule has 1 aromatic heterocycles. The molecule has 7 nitrogen and oxygen atoms in total. The van der Waals surface area contributed by atoms with Crippen molar-refractivity contribution < 1.29 is 27.9 Å². The second-order valence-corrected chi connectivity index (χ2v) is 5.16. The zero-order valence-electron chi connectivity index (χ0n) is 13.5. The van der Waals surface area contributed by atoms with E-state index in [1.807, 2.05) is 0 Å². The first-order valence-electron chi connectivity index (χ1n) is 7.48. The molecule has 0 aliphatic carbocycles. The van der Waals surface area contributed by atoms with Crippen LogP contribution in [-0.2, 0) is 14.3 Å². The molecule has 0 aliphatic rings. The molecule has 0 saturated carbocycles. The summed E-state index contributed by atoms with van der Waals surface area (Å²) in [6, 6.07) is 8.07. The van der Waals surface area contributed by atoms with E-state index in [0.717, 1.165) is 6.07 Å². The topological polar surface area (TPSA) is 97.6 Å². The fraction of sp³-hybridized carbons (Fsp3) is 0.235. The van der Waals surface area contributed by atoms with Gasteiger partial charge in [0, 0.05) is 5.56 Å². The molecule has 132 valence electrons. The number of ether oxygens (including phenoxy) is 1. The Hall–Kier alpha value is -3.16. The Morgan fingerprint density at radius 2 is 2.04 bits per heavy atom. The lowest BCUT2D eigenvalue weighted by Gasteiger charge is -2.11. The summed E-state index contributed by atoms with van der Waals surface area (Å²) in [7, 11) is 0. The first kappa shape index (κ1) is 18.2. The van der Waals surface area contributed by atoms with Gasteiger partial charge >= 0.3 is 5.97 Å². The van der Waals surface area contributed by atoms with Gasteiger partial charge in [-0.15, -0.1) is 0 Å². The molecule has 0 aliphatic heterocycles. The molecule has 2 amide bonds. The molecule has 1 heterocycles. The molecule has 2 aromatic rings. The zero-order chi connectivity index (χ0) is 18.2. The zero-order valence-corrected chi connectivity index (χ0v) is 13.5. The highest BCUT2D eigenvalue weighted by Gasteiger charge is 2.14. The summed E-state index contributed by atoms with van der Waals surface area (Å²) in [5, 5.41) is 4.88. The lowest BCUT2D eigenvalue weighted by Crippen LogP contribution is -2.34. The molecule has 2 rings (SSSR count). The summed E-state index contributed by atoms with van der Waals surface area (Å²) in [6.45, 7) is 0.799. The summed E-state index contributed by atoms with van der Waals surface area (Å²) in [5.74, 6) is -1.90. The normalized spacial score (nSPS) is 11.4. The van der Waals surface area contributed by atoms with Gasteiger partial charge in [0.25, 0.3) is 11.8 Å². The van der Waals surface area contributed by atoms with E-state index >= 15 is 0 Å². The lowest BCUT2D eigenvalue weighted by atomic mass is 10.2. The third-order valence-corrected chi connectivity index (χ3v) is 3.19. The van der Waals surface area contributed by atoms with Crippen LogP contribution in [0.3, 0.4) is 0 Å². The van der Waals surface area contributed by atoms with E-state index in [4.69, 9.17) is 9.15 Å². The van der Waals surface area contributed by atoms with Crippen LogP contribution in [0, 0.1) is 5.82 Å². The molecule has 8 heteroatoms. The highest BCUT2D eigenvalue weighted by molar-refractivity contribution is 5.96. The Balaban J connectivity index is 1.70. The van der Waals surface area contributed by atoms with E-state index < -0.39 is 36.8 Å². The standard InChI is InChI=1S/C17H17FN2O5/c1-11(14-6-3-7-24-14)20-15(21)10-25-16(22)9-19-17(23)12-4-2-5-13(18)8-12/h2-8,11H,9-10H2,1H3,(H,19,23)(H,20,21)/t11-/m0/s1. The van der Waals surface area contributed by atoms with Crippen molar-refractivity contribution in [2.45, 2.75) is 13.0 Å². The molecule has 0 radical (unpaired) electrons. The van der Waals surface area contributed by atoms with Gasteiger partial charge in [-0.05, 0) is 37.3 Å².